The second-order valence-corrected chi connectivity index (χ2v) is 4.38. The molecule has 0 spiro atoms. The highest BCUT2D eigenvalue weighted by atomic mass is 16.3. The van der Waals surface area contributed by atoms with E-state index in [4.69, 9.17) is 15.6 Å². The highest BCUT2D eigenvalue weighted by Gasteiger charge is 2.06. The van der Waals surface area contributed by atoms with E-state index in [0.717, 1.165) is 17.7 Å². The minimum atomic E-state index is -0.0409. The third kappa shape index (κ3) is 2.80. The quantitative estimate of drug-likeness (QED) is 0.622. The van der Waals surface area contributed by atoms with Gasteiger partial charge in [-0.2, -0.15) is 0 Å². The summed E-state index contributed by atoms with van der Waals surface area (Å²) in [5.74, 6) is 1.13. The van der Waals surface area contributed by atoms with Crippen molar-refractivity contribution in [3.8, 4) is 11.3 Å². The molecule has 2 aromatic rings. The number of nitrogens with one attached hydrogen (secondary N) is 1. The lowest BCUT2D eigenvalue weighted by Crippen LogP contribution is -2.09. The number of aryl methyl sites for hydroxylation is 1. The van der Waals surface area contributed by atoms with Crippen molar-refractivity contribution in [1.29, 1.82) is 5.41 Å². The first-order valence-corrected chi connectivity index (χ1v) is 6.24. The van der Waals surface area contributed by atoms with Crippen LogP contribution in [0.2, 0.25) is 0 Å². The van der Waals surface area contributed by atoms with Gasteiger partial charge in [0.25, 0.3) is 0 Å². The fourth-order valence-corrected chi connectivity index (χ4v) is 1.85. The molecule has 1 aromatic carbocycles. The molecule has 3 N–H and O–H groups in total. The van der Waals surface area contributed by atoms with Crippen molar-refractivity contribution < 1.29 is 4.42 Å². The van der Waals surface area contributed by atoms with E-state index in [1.807, 2.05) is 18.2 Å². The van der Waals surface area contributed by atoms with Gasteiger partial charge in [0.1, 0.15) is 5.76 Å². The smallest absolute Gasteiger partial charge is 0.168 e. The average Bonchev–Trinajstić information content (AvgIpc) is 2.87. The van der Waals surface area contributed by atoms with E-state index in [2.05, 4.69) is 19.1 Å². The number of furan rings is 1. The van der Waals surface area contributed by atoms with E-state index in [1.165, 1.54) is 18.4 Å². The zero-order valence-electron chi connectivity index (χ0n) is 10.6. The lowest BCUT2D eigenvalue weighted by Gasteiger charge is -2.01. The predicted molar refractivity (Wildman–Crippen MR) is 73.8 cm³/mol. The van der Waals surface area contributed by atoms with Gasteiger partial charge in [0.2, 0.25) is 0 Å². The van der Waals surface area contributed by atoms with Crippen molar-refractivity contribution in [3.63, 3.8) is 0 Å². The number of nitrogens with two attached hydrogens (primary N) is 1. The van der Waals surface area contributed by atoms with Crippen molar-refractivity contribution in [2.75, 3.05) is 0 Å². The molecule has 0 atom stereocenters. The monoisotopic (exact) mass is 242 g/mol. The maximum Gasteiger partial charge on any atom is 0.168 e. The van der Waals surface area contributed by atoms with Crippen LogP contribution in [0.3, 0.4) is 0 Å². The molecule has 0 aliphatic rings. The van der Waals surface area contributed by atoms with Crippen molar-refractivity contribution >= 4 is 5.84 Å². The SMILES string of the molecule is CCCCc1ccc(-c2ccc(C(=N)N)o2)cc1. The summed E-state index contributed by atoms with van der Waals surface area (Å²) in [6.45, 7) is 2.19. The van der Waals surface area contributed by atoms with Gasteiger partial charge in [-0.3, -0.25) is 5.41 Å². The predicted octanol–water partition coefficient (Wildman–Crippen LogP) is 3.57. The molecule has 0 aliphatic heterocycles. The van der Waals surface area contributed by atoms with Crippen LogP contribution in [0.4, 0.5) is 0 Å². The van der Waals surface area contributed by atoms with E-state index < -0.39 is 0 Å². The van der Waals surface area contributed by atoms with Crippen LogP contribution in [0.1, 0.15) is 31.1 Å². The van der Waals surface area contributed by atoms with Crippen LogP contribution >= 0.6 is 0 Å². The Morgan fingerprint density at radius 3 is 2.44 bits per heavy atom. The Morgan fingerprint density at radius 1 is 1.17 bits per heavy atom. The number of rotatable bonds is 5. The summed E-state index contributed by atoms with van der Waals surface area (Å²) in [6, 6.07) is 11.9. The lowest BCUT2D eigenvalue weighted by molar-refractivity contribution is 0.571. The molecule has 0 radical (unpaired) electrons. The van der Waals surface area contributed by atoms with Gasteiger partial charge < -0.3 is 10.2 Å². The first kappa shape index (κ1) is 12.4. The normalized spacial score (nSPS) is 10.5. The average molecular weight is 242 g/mol. The maximum atomic E-state index is 7.31. The highest BCUT2D eigenvalue weighted by Crippen LogP contribution is 2.22. The van der Waals surface area contributed by atoms with E-state index in [-0.39, 0.29) is 5.84 Å². The van der Waals surface area contributed by atoms with Crippen molar-refractivity contribution in [1.82, 2.24) is 0 Å². The molecule has 3 heteroatoms. The fourth-order valence-electron chi connectivity index (χ4n) is 1.85. The Balaban J connectivity index is 2.15. The molecule has 18 heavy (non-hydrogen) atoms. The van der Waals surface area contributed by atoms with Gasteiger partial charge in [0, 0.05) is 5.56 Å². The summed E-state index contributed by atoms with van der Waals surface area (Å²) < 4.78 is 5.50. The Bertz CT molecular complexity index is 526. The van der Waals surface area contributed by atoms with E-state index in [0.29, 0.717) is 5.76 Å². The Kier molecular flexibility index (Phi) is 3.82. The van der Waals surface area contributed by atoms with Crippen LogP contribution in [0.5, 0.6) is 0 Å². The molecular formula is C15H18N2O. The largest absolute Gasteiger partial charge is 0.453 e. The van der Waals surface area contributed by atoms with Crippen LogP contribution in [-0.2, 0) is 6.42 Å². The van der Waals surface area contributed by atoms with Crippen molar-refractivity contribution in [2.45, 2.75) is 26.2 Å². The Morgan fingerprint density at radius 2 is 1.89 bits per heavy atom. The van der Waals surface area contributed by atoms with Gasteiger partial charge in [-0.05, 0) is 30.5 Å². The van der Waals surface area contributed by atoms with Gasteiger partial charge in [-0.25, -0.2) is 0 Å². The van der Waals surface area contributed by atoms with E-state index >= 15 is 0 Å². The second-order valence-electron chi connectivity index (χ2n) is 4.38. The van der Waals surface area contributed by atoms with Crippen LogP contribution < -0.4 is 5.73 Å². The fraction of sp³-hybridized carbons (Fsp3) is 0.267. The number of nitrogen functional groups attached to an aromatic ring is 1. The molecule has 94 valence electrons. The van der Waals surface area contributed by atoms with Gasteiger partial charge in [-0.15, -0.1) is 0 Å². The first-order valence-electron chi connectivity index (χ1n) is 6.24. The lowest BCUT2D eigenvalue weighted by atomic mass is 10.1. The number of unbranched alkanes of at least 4 members (excludes halogenated alkanes) is 1. The molecule has 1 aromatic heterocycles. The summed E-state index contributed by atoms with van der Waals surface area (Å²) >= 11 is 0. The zero-order valence-corrected chi connectivity index (χ0v) is 10.6. The molecule has 1 heterocycles. The number of hydrogen-bond acceptors (Lipinski definition) is 2. The van der Waals surface area contributed by atoms with Gasteiger partial charge in [-0.1, -0.05) is 37.6 Å². The molecule has 0 bridgehead atoms. The minimum absolute atomic E-state index is 0.0409. The van der Waals surface area contributed by atoms with Crippen LogP contribution in [0.15, 0.2) is 40.8 Å². The Hall–Kier alpha value is -2.03. The number of amidine groups is 1. The molecule has 0 aliphatic carbocycles. The number of hydrogen-bond donors (Lipinski definition) is 2. The molecule has 0 unspecified atom stereocenters. The topological polar surface area (TPSA) is 63.0 Å². The Labute approximate surface area is 107 Å². The highest BCUT2D eigenvalue weighted by molar-refractivity contribution is 5.92. The van der Waals surface area contributed by atoms with Gasteiger partial charge in [0.05, 0.1) is 0 Å². The molecule has 0 fully saturated rings. The summed E-state index contributed by atoms with van der Waals surface area (Å²) in [4.78, 5) is 0. The van der Waals surface area contributed by atoms with Crippen LogP contribution in [-0.4, -0.2) is 5.84 Å². The van der Waals surface area contributed by atoms with E-state index in [1.54, 1.807) is 6.07 Å². The third-order valence-electron chi connectivity index (χ3n) is 2.93. The molecule has 0 saturated carbocycles. The second kappa shape index (κ2) is 5.54. The molecular weight excluding hydrogens is 224 g/mol. The van der Waals surface area contributed by atoms with Crippen LogP contribution in [0.25, 0.3) is 11.3 Å². The van der Waals surface area contributed by atoms with Crippen molar-refractivity contribution in [2.24, 2.45) is 5.73 Å². The third-order valence-corrected chi connectivity index (χ3v) is 2.93. The van der Waals surface area contributed by atoms with Gasteiger partial charge in [0.15, 0.2) is 11.6 Å². The molecule has 3 nitrogen and oxygen atoms in total. The van der Waals surface area contributed by atoms with E-state index in [9.17, 15) is 0 Å². The molecule has 0 saturated heterocycles. The van der Waals surface area contributed by atoms with Crippen LogP contribution in [0, 0.1) is 5.41 Å². The zero-order chi connectivity index (χ0) is 13.0. The summed E-state index contributed by atoms with van der Waals surface area (Å²) in [7, 11) is 0. The van der Waals surface area contributed by atoms with Gasteiger partial charge >= 0.3 is 0 Å². The summed E-state index contributed by atoms with van der Waals surface area (Å²) in [5.41, 5.74) is 7.74. The maximum absolute atomic E-state index is 7.31. The summed E-state index contributed by atoms with van der Waals surface area (Å²) in [6.07, 6.45) is 3.55. The number of benzene rings is 1. The molecule has 2 rings (SSSR count). The molecule has 0 amide bonds. The summed E-state index contributed by atoms with van der Waals surface area (Å²) in [5, 5.41) is 7.31. The standard InChI is InChI=1S/C15H18N2O/c1-2-3-4-11-5-7-12(8-6-11)13-9-10-14(18-13)15(16)17/h5-10H,2-4H2,1H3,(H3,16,17). The first-order chi connectivity index (χ1) is 8.70. The minimum Gasteiger partial charge on any atom is -0.453 e. The van der Waals surface area contributed by atoms with Crippen molar-refractivity contribution in [3.05, 3.63) is 47.7 Å².